The highest BCUT2D eigenvalue weighted by Gasteiger charge is 2.14. The predicted octanol–water partition coefficient (Wildman–Crippen LogP) is 3.56. The minimum Gasteiger partial charge on any atom is -0.496 e. The van der Waals surface area contributed by atoms with Crippen LogP contribution in [0.1, 0.15) is 15.2 Å². The van der Waals surface area contributed by atoms with Gasteiger partial charge in [0.25, 0.3) is 5.91 Å². The second kappa shape index (κ2) is 8.64. The number of para-hydroxylation sites is 1. The summed E-state index contributed by atoms with van der Waals surface area (Å²) < 4.78 is 24.3. The van der Waals surface area contributed by atoms with Crippen LogP contribution in [-0.2, 0) is 16.0 Å². The molecule has 5 nitrogen and oxygen atoms in total. The highest BCUT2D eigenvalue weighted by molar-refractivity contribution is 7.20. The predicted molar refractivity (Wildman–Crippen MR) is 102 cm³/mol. The summed E-state index contributed by atoms with van der Waals surface area (Å²) in [4.78, 5) is 24.3. The second-order valence-electron chi connectivity index (χ2n) is 5.78. The third kappa shape index (κ3) is 4.83. The zero-order valence-electron chi connectivity index (χ0n) is 14.7. The summed E-state index contributed by atoms with van der Waals surface area (Å²) in [5, 5.41) is 3.34. The van der Waals surface area contributed by atoms with E-state index in [0.29, 0.717) is 23.2 Å². The number of hydrogen-bond acceptors (Lipinski definition) is 5. The van der Waals surface area contributed by atoms with Crippen molar-refractivity contribution in [1.29, 1.82) is 0 Å². The molecule has 1 heterocycles. The van der Waals surface area contributed by atoms with E-state index in [0.717, 1.165) is 16.0 Å². The molecule has 3 rings (SSSR count). The van der Waals surface area contributed by atoms with Crippen molar-refractivity contribution in [2.75, 3.05) is 20.3 Å². The van der Waals surface area contributed by atoms with E-state index in [4.69, 9.17) is 9.47 Å². The number of nitrogens with one attached hydrogen (secondary N) is 1. The molecular weight excluding hydrogens is 369 g/mol. The molecule has 1 amide bonds. The van der Waals surface area contributed by atoms with Crippen molar-refractivity contribution in [3.63, 3.8) is 0 Å². The Morgan fingerprint density at radius 1 is 1.15 bits per heavy atom. The van der Waals surface area contributed by atoms with Crippen LogP contribution in [0.25, 0.3) is 10.1 Å². The molecule has 1 aromatic heterocycles. The third-order valence-electron chi connectivity index (χ3n) is 3.92. The molecule has 0 fully saturated rings. The van der Waals surface area contributed by atoms with Crippen molar-refractivity contribution in [2.45, 2.75) is 6.42 Å². The van der Waals surface area contributed by atoms with E-state index in [-0.39, 0.29) is 18.3 Å². The lowest BCUT2D eigenvalue weighted by atomic mass is 10.1. The van der Waals surface area contributed by atoms with Gasteiger partial charge in [-0.2, -0.15) is 0 Å². The molecule has 0 aliphatic heterocycles. The monoisotopic (exact) mass is 387 g/mol. The van der Waals surface area contributed by atoms with Crippen LogP contribution < -0.4 is 10.1 Å². The van der Waals surface area contributed by atoms with Crippen LogP contribution in [0.15, 0.2) is 48.5 Å². The number of fused-ring (bicyclic) bond motifs is 1. The van der Waals surface area contributed by atoms with Gasteiger partial charge in [0.2, 0.25) is 0 Å². The first-order valence-corrected chi connectivity index (χ1v) is 9.13. The Hall–Kier alpha value is -2.93. The average Bonchev–Trinajstić information content (AvgIpc) is 3.09. The maximum atomic E-state index is 13.2. The van der Waals surface area contributed by atoms with Crippen molar-refractivity contribution in [3.8, 4) is 5.75 Å². The fraction of sp³-hybridized carbons (Fsp3) is 0.200. The second-order valence-corrected chi connectivity index (χ2v) is 6.86. The van der Waals surface area contributed by atoms with Crippen molar-refractivity contribution >= 4 is 33.3 Å². The lowest BCUT2D eigenvalue weighted by Gasteiger charge is -2.09. The Morgan fingerprint density at radius 2 is 1.96 bits per heavy atom. The highest BCUT2D eigenvalue weighted by atomic mass is 32.1. The number of esters is 1. The normalized spacial score (nSPS) is 10.6. The number of rotatable bonds is 7. The van der Waals surface area contributed by atoms with Crippen molar-refractivity contribution in [2.24, 2.45) is 0 Å². The summed E-state index contributed by atoms with van der Waals surface area (Å²) in [7, 11) is 1.60. The standard InChI is InChI=1S/C20H18FNO4S/c1-25-16-5-3-2-4-13(16)8-9-22-19(23)12-26-20(24)18-11-14-10-15(21)6-7-17(14)27-18/h2-7,10-11H,8-9,12H2,1H3,(H,22,23). The number of ether oxygens (including phenoxy) is 2. The first kappa shape index (κ1) is 18.8. The van der Waals surface area contributed by atoms with Gasteiger partial charge in [0.1, 0.15) is 16.4 Å². The molecule has 0 unspecified atom stereocenters. The maximum absolute atomic E-state index is 13.2. The van der Waals surface area contributed by atoms with Gasteiger partial charge in [-0.25, -0.2) is 9.18 Å². The number of halogens is 1. The number of methoxy groups -OCH3 is 1. The molecule has 27 heavy (non-hydrogen) atoms. The lowest BCUT2D eigenvalue weighted by Crippen LogP contribution is -2.30. The summed E-state index contributed by atoms with van der Waals surface area (Å²) in [6, 6.07) is 13.4. The van der Waals surface area contributed by atoms with Crippen molar-refractivity contribution in [3.05, 3.63) is 64.8 Å². The van der Waals surface area contributed by atoms with Gasteiger partial charge >= 0.3 is 5.97 Å². The summed E-state index contributed by atoms with van der Waals surface area (Å²) in [5.74, 6) is -0.587. The summed E-state index contributed by atoms with van der Waals surface area (Å²) in [6.07, 6.45) is 0.603. The molecule has 3 aromatic rings. The van der Waals surface area contributed by atoms with E-state index in [1.165, 1.54) is 23.5 Å². The van der Waals surface area contributed by atoms with E-state index in [2.05, 4.69) is 5.32 Å². The Labute approximate surface area is 159 Å². The van der Waals surface area contributed by atoms with Gasteiger partial charge in [0.15, 0.2) is 6.61 Å². The summed E-state index contributed by atoms with van der Waals surface area (Å²) in [6.45, 7) is 0.0340. The lowest BCUT2D eigenvalue weighted by molar-refractivity contribution is -0.124. The fourth-order valence-electron chi connectivity index (χ4n) is 2.61. The summed E-state index contributed by atoms with van der Waals surface area (Å²) >= 11 is 1.20. The Bertz CT molecular complexity index is 970. The SMILES string of the molecule is COc1ccccc1CCNC(=O)COC(=O)c1cc2cc(F)ccc2s1. The van der Waals surface area contributed by atoms with Crippen molar-refractivity contribution in [1.82, 2.24) is 5.32 Å². The maximum Gasteiger partial charge on any atom is 0.348 e. The number of carbonyl (C=O) groups excluding carboxylic acids is 2. The fourth-order valence-corrected chi connectivity index (χ4v) is 3.55. The first-order valence-electron chi connectivity index (χ1n) is 8.31. The molecule has 7 heteroatoms. The molecule has 140 valence electrons. The quantitative estimate of drug-likeness (QED) is 0.630. The Balaban J connectivity index is 1.47. The van der Waals surface area contributed by atoms with Crippen LogP contribution in [0.5, 0.6) is 5.75 Å². The number of amides is 1. The third-order valence-corrected chi connectivity index (χ3v) is 5.02. The van der Waals surface area contributed by atoms with Gasteiger partial charge in [0.05, 0.1) is 7.11 Å². The van der Waals surface area contributed by atoms with E-state index < -0.39 is 5.97 Å². The van der Waals surface area contributed by atoms with Crippen molar-refractivity contribution < 1.29 is 23.5 Å². The van der Waals surface area contributed by atoms with Gasteiger partial charge in [0, 0.05) is 11.2 Å². The largest absolute Gasteiger partial charge is 0.496 e. The van der Waals surface area contributed by atoms with E-state index in [9.17, 15) is 14.0 Å². The number of benzene rings is 2. The van der Waals surface area contributed by atoms with Crippen LogP contribution in [0.4, 0.5) is 4.39 Å². The summed E-state index contributed by atoms with van der Waals surface area (Å²) in [5.41, 5.74) is 0.981. The molecule has 0 aliphatic rings. The first-order chi connectivity index (χ1) is 13.1. The highest BCUT2D eigenvalue weighted by Crippen LogP contribution is 2.26. The number of hydrogen-bond donors (Lipinski definition) is 1. The zero-order chi connectivity index (χ0) is 19.2. The molecule has 0 spiro atoms. The number of thiophene rings is 1. The molecule has 0 saturated carbocycles. The molecular formula is C20H18FNO4S. The van der Waals surface area contributed by atoms with Gasteiger partial charge < -0.3 is 14.8 Å². The van der Waals surface area contributed by atoms with Gasteiger partial charge in [-0.1, -0.05) is 18.2 Å². The molecule has 0 bridgehead atoms. The van der Waals surface area contributed by atoms with Crippen LogP contribution in [-0.4, -0.2) is 32.1 Å². The van der Waals surface area contributed by atoms with E-state index >= 15 is 0 Å². The molecule has 0 atom stereocenters. The van der Waals surface area contributed by atoms with Crippen LogP contribution in [0, 0.1) is 5.82 Å². The topological polar surface area (TPSA) is 64.6 Å². The molecule has 1 N–H and O–H groups in total. The van der Waals surface area contributed by atoms with E-state index in [1.807, 2.05) is 24.3 Å². The number of carbonyl (C=O) groups is 2. The van der Waals surface area contributed by atoms with Crippen LogP contribution in [0.3, 0.4) is 0 Å². The van der Waals surface area contributed by atoms with Gasteiger partial charge in [-0.15, -0.1) is 11.3 Å². The smallest absolute Gasteiger partial charge is 0.348 e. The van der Waals surface area contributed by atoms with E-state index in [1.54, 1.807) is 19.2 Å². The molecule has 0 saturated heterocycles. The minimum absolute atomic E-state index is 0.331. The van der Waals surface area contributed by atoms with Crippen LogP contribution in [0.2, 0.25) is 0 Å². The van der Waals surface area contributed by atoms with Gasteiger partial charge in [-0.05, 0) is 47.7 Å². The molecule has 0 aliphatic carbocycles. The zero-order valence-corrected chi connectivity index (χ0v) is 15.5. The Kier molecular flexibility index (Phi) is 6.03. The average molecular weight is 387 g/mol. The molecule has 2 aromatic carbocycles. The van der Waals surface area contributed by atoms with Gasteiger partial charge in [-0.3, -0.25) is 4.79 Å². The van der Waals surface area contributed by atoms with Crippen LogP contribution >= 0.6 is 11.3 Å². The molecule has 0 radical (unpaired) electrons. The minimum atomic E-state index is -0.600. The Morgan fingerprint density at radius 3 is 2.78 bits per heavy atom.